The van der Waals surface area contributed by atoms with Gasteiger partial charge in [-0.15, -0.1) is 0 Å². The molecule has 1 aromatic heterocycles. The SMILES string of the molecule is CCCCn1cnc(C2CCCC(C)C2)c1N. The highest BCUT2D eigenvalue weighted by atomic mass is 15.1. The van der Waals surface area contributed by atoms with Crippen molar-refractivity contribution in [3.05, 3.63) is 12.0 Å². The Balaban J connectivity index is 2.07. The first-order valence-corrected chi connectivity index (χ1v) is 7.02. The predicted octanol–water partition coefficient (Wildman–Crippen LogP) is 3.56. The van der Waals surface area contributed by atoms with E-state index in [1.165, 1.54) is 38.5 Å². The van der Waals surface area contributed by atoms with Crippen molar-refractivity contribution in [3.8, 4) is 0 Å². The quantitative estimate of drug-likeness (QED) is 0.867. The fourth-order valence-electron chi connectivity index (χ4n) is 2.91. The molecule has 1 fully saturated rings. The largest absolute Gasteiger partial charge is 0.384 e. The van der Waals surface area contributed by atoms with Crippen LogP contribution in [0.3, 0.4) is 0 Å². The summed E-state index contributed by atoms with van der Waals surface area (Å²) < 4.78 is 2.12. The lowest BCUT2D eigenvalue weighted by atomic mass is 9.81. The van der Waals surface area contributed by atoms with E-state index in [9.17, 15) is 0 Å². The molecule has 17 heavy (non-hydrogen) atoms. The van der Waals surface area contributed by atoms with Crippen molar-refractivity contribution in [1.82, 2.24) is 9.55 Å². The fourth-order valence-corrected chi connectivity index (χ4v) is 2.91. The van der Waals surface area contributed by atoms with E-state index in [0.29, 0.717) is 5.92 Å². The van der Waals surface area contributed by atoms with Gasteiger partial charge in [0.05, 0.1) is 12.0 Å². The Hall–Kier alpha value is -0.990. The Morgan fingerprint density at radius 1 is 1.47 bits per heavy atom. The van der Waals surface area contributed by atoms with E-state index in [0.717, 1.165) is 24.0 Å². The predicted molar refractivity (Wildman–Crippen MR) is 71.9 cm³/mol. The van der Waals surface area contributed by atoms with Crippen molar-refractivity contribution in [2.24, 2.45) is 5.92 Å². The molecule has 0 saturated heterocycles. The molecule has 2 N–H and O–H groups in total. The molecule has 1 aliphatic carbocycles. The van der Waals surface area contributed by atoms with Crippen LogP contribution in [0.5, 0.6) is 0 Å². The molecule has 0 aliphatic heterocycles. The van der Waals surface area contributed by atoms with Gasteiger partial charge in [-0.3, -0.25) is 0 Å². The molecule has 0 amide bonds. The fraction of sp³-hybridized carbons (Fsp3) is 0.786. The van der Waals surface area contributed by atoms with Crippen molar-refractivity contribution >= 4 is 5.82 Å². The molecule has 2 atom stereocenters. The molecule has 3 nitrogen and oxygen atoms in total. The topological polar surface area (TPSA) is 43.8 Å². The zero-order valence-corrected chi connectivity index (χ0v) is 11.2. The Bertz CT molecular complexity index is 356. The number of nitrogens with two attached hydrogens (primary N) is 1. The van der Waals surface area contributed by atoms with Gasteiger partial charge in [0.1, 0.15) is 5.82 Å². The Labute approximate surface area is 104 Å². The number of nitrogen functional groups attached to an aromatic ring is 1. The van der Waals surface area contributed by atoms with Gasteiger partial charge in [0.25, 0.3) is 0 Å². The Morgan fingerprint density at radius 2 is 2.29 bits per heavy atom. The summed E-state index contributed by atoms with van der Waals surface area (Å²) in [5, 5.41) is 0. The zero-order chi connectivity index (χ0) is 12.3. The van der Waals surface area contributed by atoms with E-state index in [4.69, 9.17) is 5.73 Å². The van der Waals surface area contributed by atoms with E-state index in [-0.39, 0.29) is 0 Å². The lowest BCUT2D eigenvalue weighted by Gasteiger charge is -2.25. The molecule has 96 valence electrons. The molecule has 0 bridgehead atoms. The lowest BCUT2D eigenvalue weighted by molar-refractivity contribution is 0.341. The standard InChI is InChI=1S/C14H25N3/c1-3-4-8-17-10-16-13(14(17)15)12-7-5-6-11(2)9-12/h10-12H,3-9,15H2,1-2H3. The third-order valence-electron chi connectivity index (χ3n) is 3.98. The molecule has 1 heterocycles. The normalized spacial score (nSPS) is 25.1. The minimum atomic E-state index is 0.599. The van der Waals surface area contributed by atoms with Gasteiger partial charge in [-0.05, 0) is 25.2 Å². The van der Waals surface area contributed by atoms with Crippen molar-refractivity contribution in [1.29, 1.82) is 0 Å². The van der Waals surface area contributed by atoms with Crippen LogP contribution >= 0.6 is 0 Å². The average molecular weight is 235 g/mol. The Kier molecular flexibility index (Phi) is 4.08. The second-order valence-electron chi connectivity index (χ2n) is 5.53. The minimum Gasteiger partial charge on any atom is -0.384 e. The molecule has 1 saturated carbocycles. The highest BCUT2D eigenvalue weighted by molar-refractivity contribution is 5.38. The van der Waals surface area contributed by atoms with Crippen LogP contribution in [-0.4, -0.2) is 9.55 Å². The van der Waals surface area contributed by atoms with Gasteiger partial charge in [-0.25, -0.2) is 4.98 Å². The van der Waals surface area contributed by atoms with Crippen LogP contribution in [0, 0.1) is 5.92 Å². The van der Waals surface area contributed by atoms with Gasteiger partial charge in [-0.2, -0.15) is 0 Å². The second-order valence-corrected chi connectivity index (χ2v) is 5.53. The third-order valence-corrected chi connectivity index (χ3v) is 3.98. The monoisotopic (exact) mass is 235 g/mol. The number of aryl methyl sites for hydroxylation is 1. The van der Waals surface area contributed by atoms with Crippen LogP contribution in [0.4, 0.5) is 5.82 Å². The molecular weight excluding hydrogens is 210 g/mol. The maximum Gasteiger partial charge on any atom is 0.126 e. The number of aromatic nitrogens is 2. The van der Waals surface area contributed by atoms with Gasteiger partial charge >= 0.3 is 0 Å². The minimum absolute atomic E-state index is 0.599. The summed E-state index contributed by atoms with van der Waals surface area (Å²) in [6.45, 7) is 5.56. The van der Waals surface area contributed by atoms with E-state index in [2.05, 4.69) is 23.4 Å². The second kappa shape index (κ2) is 5.56. The molecule has 1 aliphatic rings. The number of hydrogen-bond donors (Lipinski definition) is 1. The number of hydrogen-bond acceptors (Lipinski definition) is 2. The molecule has 1 aromatic rings. The molecule has 2 unspecified atom stereocenters. The van der Waals surface area contributed by atoms with Crippen LogP contribution in [-0.2, 0) is 6.54 Å². The van der Waals surface area contributed by atoms with E-state index in [1.54, 1.807) is 0 Å². The number of rotatable bonds is 4. The van der Waals surface area contributed by atoms with Gasteiger partial charge in [0.2, 0.25) is 0 Å². The zero-order valence-electron chi connectivity index (χ0n) is 11.2. The van der Waals surface area contributed by atoms with Crippen molar-refractivity contribution < 1.29 is 0 Å². The summed E-state index contributed by atoms with van der Waals surface area (Å²) in [7, 11) is 0. The van der Waals surface area contributed by atoms with E-state index < -0.39 is 0 Å². The Morgan fingerprint density at radius 3 is 3.00 bits per heavy atom. The van der Waals surface area contributed by atoms with Gasteiger partial charge < -0.3 is 10.3 Å². The van der Waals surface area contributed by atoms with Crippen LogP contribution in [0.25, 0.3) is 0 Å². The maximum absolute atomic E-state index is 6.22. The molecule has 0 spiro atoms. The number of imidazole rings is 1. The summed E-state index contributed by atoms with van der Waals surface area (Å²) in [6.07, 6.45) is 9.53. The van der Waals surface area contributed by atoms with Crippen molar-refractivity contribution in [2.75, 3.05) is 5.73 Å². The first-order valence-electron chi connectivity index (χ1n) is 7.02. The summed E-state index contributed by atoms with van der Waals surface area (Å²) >= 11 is 0. The highest BCUT2D eigenvalue weighted by Crippen LogP contribution is 2.37. The average Bonchev–Trinajstić information content (AvgIpc) is 2.68. The molecule has 0 aromatic carbocycles. The van der Waals surface area contributed by atoms with Gasteiger partial charge in [0, 0.05) is 12.5 Å². The summed E-state index contributed by atoms with van der Waals surface area (Å²) in [6, 6.07) is 0. The number of anilines is 1. The molecule has 2 rings (SSSR count). The van der Waals surface area contributed by atoms with Gasteiger partial charge in [0.15, 0.2) is 0 Å². The van der Waals surface area contributed by atoms with E-state index >= 15 is 0 Å². The summed E-state index contributed by atoms with van der Waals surface area (Å²) in [5.74, 6) is 2.34. The smallest absolute Gasteiger partial charge is 0.126 e. The molecular formula is C14H25N3. The number of unbranched alkanes of at least 4 members (excludes halogenated alkanes) is 1. The van der Waals surface area contributed by atoms with Gasteiger partial charge in [-0.1, -0.05) is 33.1 Å². The third kappa shape index (κ3) is 2.82. The van der Waals surface area contributed by atoms with Crippen LogP contribution < -0.4 is 5.73 Å². The number of nitrogens with zero attached hydrogens (tertiary/aromatic N) is 2. The lowest BCUT2D eigenvalue weighted by Crippen LogP contribution is -2.14. The van der Waals surface area contributed by atoms with Crippen molar-refractivity contribution in [2.45, 2.75) is 64.8 Å². The summed E-state index contributed by atoms with van der Waals surface area (Å²) in [5.41, 5.74) is 7.38. The highest BCUT2D eigenvalue weighted by Gasteiger charge is 2.24. The van der Waals surface area contributed by atoms with E-state index in [1.807, 2.05) is 6.33 Å². The van der Waals surface area contributed by atoms with Crippen LogP contribution in [0.15, 0.2) is 6.33 Å². The first-order chi connectivity index (χ1) is 8.22. The molecule has 0 radical (unpaired) electrons. The maximum atomic E-state index is 6.22. The first kappa shape index (κ1) is 12.5. The van der Waals surface area contributed by atoms with Crippen molar-refractivity contribution in [3.63, 3.8) is 0 Å². The summed E-state index contributed by atoms with van der Waals surface area (Å²) in [4.78, 5) is 4.56. The van der Waals surface area contributed by atoms with Crippen LogP contribution in [0.2, 0.25) is 0 Å². The molecule has 3 heteroatoms. The van der Waals surface area contributed by atoms with Crippen LogP contribution in [0.1, 0.15) is 64.0 Å².